The first-order chi connectivity index (χ1) is 10.2. The van der Waals surface area contributed by atoms with Crippen molar-refractivity contribution in [3.05, 3.63) is 29.7 Å². The second kappa shape index (κ2) is 6.02. The van der Waals surface area contributed by atoms with E-state index in [2.05, 4.69) is 24.2 Å². The Bertz CT molecular complexity index is 531. The molecule has 5 heteroatoms. The number of amides is 1. The van der Waals surface area contributed by atoms with Crippen LogP contribution < -0.4 is 0 Å². The molecule has 1 aliphatic heterocycles. The highest BCUT2D eigenvalue weighted by Crippen LogP contribution is 2.32. The fourth-order valence-corrected chi connectivity index (χ4v) is 3.11. The zero-order valence-electron chi connectivity index (χ0n) is 12.6. The smallest absolute Gasteiger partial charge is 0.226 e. The van der Waals surface area contributed by atoms with Gasteiger partial charge in [0.15, 0.2) is 5.76 Å². The molecule has 5 nitrogen and oxygen atoms in total. The van der Waals surface area contributed by atoms with Gasteiger partial charge in [-0.3, -0.25) is 4.79 Å². The third-order valence-corrected chi connectivity index (χ3v) is 4.54. The topological polar surface area (TPSA) is 55.6 Å². The van der Waals surface area contributed by atoms with Crippen LogP contribution in [-0.2, 0) is 16.1 Å². The molecule has 1 aromatic rings. The van der Waals surface area contributed by atoms with Crippen molar-refractivity contribution < 1.29 is 14.1 Å². The third-order valence-electron chi connectivity index (χ3n) is 4.54. The van der Waals surface area contributed by atoms with E-state index in [-0.39, 0.29) is 5.92 Å². The summed E-state index contributed by atoms with van der Waals surface area (Å²) in [5, 5.41) is 4.07. The lowest BCUT2D eigenvalue weighted by Crippen LogP contribution is -2.51. The monoisotopic (exact) mass is 290 g/mol. The molecule has 21 heavy (non-hydrogen) atoms. The summed E-state index contributed by atoms with van der Waals surface area (Å²) >= 11 is 0. The van der Waals surface area contributed by atoms with Crippen LogP contribution in [0.25, 0.3) is 0 Å². The maximum Gasteiger partial charge on any atom is 0.226 e. The normalized spacial score (nSPS) is 25.9. The van der Waals surface area contributed by atoms with Gasteiger partial charge in [-0.05, 0) is 18.8 Å². The lowest BCUT2D eigenvalue weighted by Gasteiger charge is -2.41. The van der Waals surface area contributed by atoms with Crippen molar-refractivity contribution in [3.8, 4) is 0 Å². The summed E-state index contributed by atoms with van der Waals surface area (Å²) in [6, 6.07) is 1.93. The van der Waals surface area contributed by atoms with Crippen molar-refractivity contribution >= 4 is 5.91 Å². The SMILES string of the molecule is COCc1cc(C2CN(C(=O)[C@@H]3CC=CC[C@H]3C)C2)no1. The minimum Gasteiger partial charge on any atom is -0.377 e. The molecule has 0 saturated carbocycles. The van der Waals surface area contributed by atoms with E-state index in [1.165, 1.54) is 0 Å². The van der Waals surface area contributed by atoms with Gasteiger partial charge < -0.3 is 14.2 Å². The minimum atomic E-state index is 0.150. The molecule has 0 N–H and O–H groups in total. The number of hydrogen-bond acceptors (Lipinski definition) is 4. The lowest BCUT2D eigenvalue weighted by molar-refractivity contribution is -0.141. The molecule has 2 atom stereocenters. The van der Waals surface area contributed by atoms with Crippen LogP contribution in [0, 0.1) is 11.8 Å². The highest BCUT2D eigenvalue weighted by molar-refractivity contribution is 5.80. The molecule has 1 amide bonds. The predicted molar refractivity (Wildman–Crippen MR) is 77.6 cm³/mol. The second-order valence-corrected chi connectivity index (χ2v) is 6.12. The second-order valence-electron chi connectivity index (χ2n) is 6.12. The van der Waals surface area contributed by atoms with E-state index in [1.54, 1.807) is 7.11 Å². The molecule has 0 unspecified atom stereocenters. The van der Waals surface area contributed by atoms with Crippen molar-refractivity contribution in [2.75, 3.05) is 20.2 Å². The molecule has 0 bridgehead atoms. The van der Waals surface area contributed by atoms with Crippen LogP contribution in [0.15, 0.2) is 22.7 Å². The molecule has 3 rings (SSSR count). The van der Waals surface area contributed by atoms with Crippen LogP contribution in [-0.4, -0.2) is 36.2 Å². The van der Waals surface area contributed by atoms with Crippen molar-refractivity contribution in [1.29, 1.82) is 0 Å². The number of ether oxygens (including phenoxy) is 1. The van der Waals surface area contributed by atoms with Gasteiger partial charge in [0.1, 0.15) is 6.61 Å². The zero-order valence-corrected chi connectivity index (χ0v) is 12.6. The first-order valence-electron chi connectivity index (χ1n) is 7.57. The molecular formula is C16H22N2O3. The number of hydrogen-bond donors (Lipinski definition) is 0. The van der Waals surface area contributed by atoms with Crippen LogP contribution in [0.4, 0.5) is 0 Å². The van der Waals surface area contributed by atoms with E-state index >= 15 is 0 Å². The predicted octanol–water partition coefficient (Wildman–Crippen LogP) is 2.35. The fourth-order valence-electron chi connectivity index (χ4n) is 3.11. The van der Waals surface area contributed by atoms with Crippen molar-refractivity contribution in [1.82, 2.24) is 10.1 Å². The quantitative estimate of drug-likeness (QED) is 0.799. The largest absolute Gasteiger partial charge is 0.377 e. The van der Waals surface area contributed by atoms with Crippen molar-refractivity contribution in [3.63, 3.8) is 0 Å². The zero-order chi connectivity index (χ0) is 14.8. The summed E-state index contributed by atoms with van der Waals surface area (Å²) in [5.41, 5.74) is 0.933. The van der Waals surface area contributed by atoms with E-state index in [9.17, 15) is 4.79 Å². The summed E-state index contributed by atoms with van der Waals surface area (Å²) in [7, 11) is 1.63. The van der Waals surface area contributed by atoms with Gasteiger partial charge in [0.25, 0.3) is 0 Å². The first-order valence-corrected chi connectivity index (χ1v) is 7.57. The third kappa shape index (κ3) is 2.88. The molecule has 1 aliphatic carbocycles. The number of aromatic nitrogens is 1. The Kier molecular flexibility index (Phi) is 4.10. The van der Waals surface area contributed by atoms with Gasteiger partial charge in [0, 0.05) is 38.1 Å². The number of rotatable bonds is 4. The summed E-state index contributed by atoms with van der Waals surface area (Å²) in [6.45, 7) is 4.11. The van der Waals surface area contributed by atoms with E-state index in [0.29, 0.717) is 24.3 Å². The average Bonchev–Trinajstić information content (AvgIpc) is 2.86. The van der Waals surface area contributed by atoms with Crippen LogP contribution in [0.5, 0.6) is 0 Å². The maximum atomic E-state index is 12.5. The number of carbonyl (C=O) groups is 1. The van der Waals surface area contributed by atoms with Gasteiger partial charge in [-0.2, -0.15) is 0 Å². The average molecular weight is 290 g/mol. The Balaban J connectivity index is 1.55. The Labute approximate surface area is 124 Å². The Morgan fingerprint density at radius 1 is 1.43 bits per heavy atom. The van der Waals surface area contributed by atoms with Gasteiger partial charge in [-0.15, -0.1) is 0 Å². The fraction of sp³-hybridized carbons (Fsp3) is 0.625. The molecule has 1 fully saturated rings. The van der Waals surface area contributed by atoms with E-state index in [0.717, 1.165) is 37.4 Å². The Hall–Kier alpha value is -1.62. The van der Waals surface area contributed by atoms with Gasteiger partial charge in [-0.1, -0.05) is 24.2 Å². The van der Waals surface area contributed by atoms with Crippen molar-refractivity contribution in [2.24, 2.45) is 11.8 Å². The molecule has 2 heterocycles. The highest BCUT2D eigenvalue weighted by Gasteiger charge is 2.38. The van der Waals surface area contributed by atoms with Crippen LogP contribution in [0.2, 0.25) is 0 Å². The van der Waals surface area contributed by atoms with E-state index in [4.69, 9.17) is 9.26 Å². The first kappa shape index (κ1) is 14.3. The van der Waals surface area contributed by atoms with E-state index in [1.807, 2.05) is 11.0 Å². The molecule has 1 saturated heterocycles. The number of nitrogens with zero attached hydrogens (tertiary/aromatic N) is 2. The summed E-state index contributed by atoms with van der Waals surface area (Å²) in [4.78, 5) is 14.5. The summed E-state index contributed by atoms with van der Waals surface area (Å²) in [5.74, 6) is 1.93. The van der Waals surface area contributed by atoms with Gasteiger partial charge in [0.05, 0.1) is 5.69 Å². The van der Waals surface area contributed by atoms with Crippen LogP contribution in [0.3, 0.4) is 0 Å². The number of likely N-dealkylation sites (tertiary alicyclic amines) is 1. The molecule has 0 spiro atoms. The summed E-state index contributed by atoms with van der Waals surface area (Å²) < 4.78 is 10.2. The standard InChI is InChI=1S/C16H22N2O3/c1-11-5-3-4-6-14(11)16(19)18-8-12(9-18)15-7-13(10-20-2)21-17-15/h3-4,7,11-12,14H,5-6,8-10H2,1-2H3/t11-,14-/m1/s1. The van der Waals surface area contributed by atoms with Gasteiger partial charge >= 0.3 is 0 Å². The molecular weight excluding hydrogens is 268 g/mol. The van der Waals surface area contributed by atoms with Crippen LogP contribution in [0.1, 0.15) is 37.1 Å². The van der Waals surface area contributed by atoms with Crippen molar-refractivity contribution in [2.45, 2.75) is 32.3 Å². The maximum absolute atomic E-state index is 12.5. The number of carbonyl (C=O) groups excluding carboxylic acids is 1. The van der Waals surface area contributed by atoms with E-state index < -0.39 is 0 Å². The molecule has 0 radical (unpaired) electrons. The van der Waals surface area contributed by atoms with Gasteiger partial charge in [0.2, 0.25) is 5.91 Å². The highest BCUT2D eigenvalue weighted by atomic mass is 16.5. The summed E-state index contributed by atoms with van der Waals surface area (Å²) in [6.07, 6.45) is 6.20. The molecule has 2 aliphatic rings. The molecule has 1 aromatic heterocycles. The lowest BCUT2D eigenvalue weighted by atomic mass is 9.82. The van der Waals surface area contributed by atoms with Crippen LogP contribution >= 0.6 is 0 Å². The molecule has 0 aromatic carbocycles. The Morgan fingerprint density at radius 2 is 2.19 bits per heavy atom. The number of methoxy groups -OCH3 is 1. The Morgan fingerprint density at radius 3 is 2.90 bits per heavy atom. The minimum absolute atomic E-state index is 0.150. The van der Waals surface area contributed by atoms with Gasteiger partial charge in [-0.25, -0.2) is 0 Å². The number of allylic oxidation sites excluding steroid dienone is 2. The molecule has 114 valence electrons.